The highest BCUT2D eigenvalue weighted by Gasteiger charge is 2.23. The van der Waals surface area contributed by atoms with Crippen LogP contribution in [0.5, 0.6) is 5.75 Å². The molecular formula is C13H12N4O3. The number of anilines is 2. The van der Waals surface area contributed by atoms with Gasteiger partial charge < -0.3 is 15.4 Å². The topological polar surface area (TPSA) is 85.2 Å². The lowest BCUT2D eigenvalue weighted by Crippen LogP contribution is -2.34. The van der Waals surface area contributed by atoms with Gasteiger partial charge in [0.15, 0.2) is 6.10 Å². The lowest BCUT2D eigenvalue weighted by atomic mass is 10.2. The van der Waals surface area contributed by atoms with Crippen molar-refractivity contribution in [2.45, 2.75) is 13.0 Å². The van der Waals surface area contributed by atoms with E-state index in [4.69, 9.17) is 4.74 Å². The second-order valence-corrected chi connectivity index (χ2v) is 4.36. The lowest BCUT2D eigenvalue weighted by Gasteiger charge is -2.23. The van der Waals surface area contributed by atoms with Gasteiger partial charge in [0.05, 0.1) is 5.69 Å². The van der Waals surface area contributed by atoms with E-state index >= 15 is 0 Å². The summed E-state index contributed by atoms with van der Waals surface area (Å²) in [6.45, 7) is 1.67. The average Bonchev–Trinajstić information content (AvgIpc) is 2.94. The van der Waals surface area contributed by atoms with Crippen molar-refractivity contribution in [3.05, 3.63) is 36.9 Å². The fourth-order valence-electron chi connectivity index (χ4n) is 1.85. The Morgan fingerprint density at radius 3 is 3.10 bits per heavy atom. The maximum Gasteiger partial charge on any atom is 0.331 e. The number of carbonyl (C=O) groups is 2. The first-order chi connectivity index (χ1) is 9.63. The molecule has 2 amide bonds. The molecule has 0 aliphatic carbocycles. The molecule has 0 radical (unpaired) electrons. The molecule has 0 saturated heterocycles. The van der Waals surface area contributed by atoms with Gasteiger partial charge in [-0.15, -0.1) is 0 Å². The molecule has 0 saturated carbocycles. The van der Waals surface area contributed by atoms with E-state index in [9.17, 15) is 9.59 Å². The Hall–Kier alpha value is -2.83. The summed E-state index contributed by atoms with van der Waals surface area (Å²) in [6.07, 6.45) is 3.94. The lowest BCUT2D eigenvalue weighted by molar-refractivity contribution is -0.122. The van der Waals surface area contributed by atoms with Gasteiger partial charge in [-0.25, -0.2) is 9.78 Å². The summed E-state index contributed by atoms with van der Waals surface area (Å²) in [7, 11) is 0. The number of fused-ring (bicyclic) bond motifs is 1. The fraction of sp³-hybridized carbons (Fsp3) is 0.154. The van der Waals surface area contributed by atoms with E-state index in [1.807, 2.05) is 0 Å². The number of carbonyl (C=O) groups excluding carboxylic acids is 2. The Kier molecular flexibility index (Phi) is 2.86. The van der Waals surface area contributed by atoms with Crippen LogP contribution in [0.15, 0.2) is 36.9 Å². The van der Waals surface area contributed by atoms with Crippen LogP contribution in [0.2, 0.25) is 0 Å². The van der Waals surface area contributed by atoms with Crippen LogP contribution in [0, 0.1) is 0 Å². The molecule has 102 valence electrons. The maximum atomic E-state index is 11.9. The maximum absolute atomic E-state index is 11.9. The molecule has 2 heterocycles. The Morgan fingerprint density at radius 1 is 1.50 bits per heavy atom. The molecule has 3 rings (SSSR count). The van der Waals surface area contributed by atoms with Gasteiger partial charge in [-0.05, 0) is 25.1 Å². The molecule has 2 aromatic rings. The molecule has 0 bridgehead atoms. The van der Waals surface area contributed by atoms with Crippen molar-refractivity contribution in [2.24, 2.45) is 0 Å². The van der Waals surface area contributed by atoms with Gasteiger partial charge in [-0.2, -0.15) is 0 Å². The van der Waals surface area contributed by atoms with Crippen molar-refractivity contribution < 1.29 is 14.3 Å². The molecule has 1 aromatic heterocycles. The van der Waals surface area contributed by atoms with E-state index in [1.165, 1.54) is 17.1 Å². The predicted molar refractivity (Wildman–Crippen MR) is 71.8 cm³/mol. The Morgan fingerprint density at radius 2 is 2.35 bits per heavy atom. The molecule has 7 heteroatoms. The Labute approximate surface area is 114 Å². The van der Waals surface area contributed by atoms with Gasteiger partial charge in [-0.1, -0.05) is 0 Å². The summed E-state index contributed by atoms with van der Waals surface area (Å²) >= 11 is 0. The van der Waals surface area contributed by atoms with E-state index in [0.717, 1.165) is 0 Å². The number of aromatic nitrogens is 2. The highest BCUT2D eigenvalue weighted by atomic mass is 16.5. The summed E-state index contributed by atoms with van der Waals surface area (Å²) in [5.74, 6) is 0.369. The van der Waals surface area contributed by atoms with Crippen molar-refractivity contribution in [2.75, 3.05) is 10.6 Å². The second kappa shape index (κ2) is 4.69. The fourth-order valence-corrected chi connectivity index (χ4v) is 1.85. The molecule has 20 heavy (non-hydrogen) atoms. The number of nitrogens with zero attached hydrogens (tertiary/aromatic N) is 2. The predicted octanol–water partition coefficient (Wildman–Crippen LogP) is 1.68. The zero-order chi connectivity index (χ0) is 14.1. The van der Waals surface area contributed by atoms with Gasteiger partial charge in [0.2, 0.25) is 0 Å². The third-order valence-corrected chi connectivity index (χ3v) is 2.90. The van der Waals surface area contributed by atoms with Gasteiger partial charge in [0.1, 0.15) is 12.1 Å². The van der Waals surface area contributed by atoms with Crippen LogP contribution in [-0.4, -0.2) is 27.6 Å². The molecule has 1 aliphatic heterocycles. The summed E-state index contributed by atoms with van der Waals surface area (Å²) in [6, 6.07) is 4.72. The number of imidazole rings is 1. The quantitative estimate of drug-likeness (QED) is 0.827. The minimum atomic E-state index is -0.520. The highest BCUT2D eigenvalue weighted by Crippen LogP contribution is 2.32. The SMILES string of the molecule is CC1Oc2ccc(NC(=O)n3ccnc3)cc2NC1=O. The molecular weight excluding hydrogens is 260 g/mol. The Bertz CT molecular complexity index is 666. The summed E-state index contributed by atoms with van der Waals surface area (Å²) in [5.41, 5.74) is 1.09. The second-order valence-electron chi connectivity index (χ2n) is 4.36. The zero-order valence-electron chi connectivity index (χ0n) is 10.7. The number of amides is 2. The van der Waals surface area contributed by atoms with E-state index < -0.39 is 6.10 Å². The molecule has 0 spiro atoms. The van der Waals surface area contributed by atoms with Crippen molar-refractivity contribution in [1.29, 1.82) is 0 Å². The van der Waals surface area contributed by atoms with Crippen LogP contribution in [0.1, 0.15) is 6.92 Å². The molecule has 2 N–H and O–H groups in total. The van der Waals surface area contributed by atoms with Gasteiger partial charge in [-0.3, -0.25) is 9.36 Å². The van der Waals surface area contributed by atoms with Crippen molar-refractivity contribution in [3.8, 4) is 5.75 Å². The standard InChI is InChI=1S/C13H12N4O3/c1-8-12(18)16-10-6-9(2-3-11(10)20-8)15-13(19)17-5-4-14-7-17/h2-8H,1H3,(H,15,19)(H,16,18). The number of nitrogens with one attached hydrogen (secondary N) is 2. The average molecular weight is 272 g/mol. The van der Waals surface area contributed by atoms with Crippen molar-refractivity contribution in [3.63, 3.8) is 0 Å². The minimum absolute atomic E-state index is 0.212. The van der Waals surface area contributed by atoms with Crippen molar-refractivity contribution >= 4 is 23.3 Å². The van der Waals surface area contributed by atoms with Crippen LogP contribution in [0.25, 0.3) is 0 Å². The van der Waals surface area contributed by atoms with Crippen LogP contribution in [0.3, 0.4) is 0 Å². The summed E-state index contributed by atoms with van der Waals surface area (Å²) < 4.78 is 6.75. The molecule has 7 nitrogen and oxygen atoms in total. The molecule has 1 unspecified atom stereocenters. The third-order valence-electron chi connectivity index (χ3n) is 2.90. The summed E-state index contributed by atoms with van der Waals surface area (Å²) in [5, 5.41) is 5.42. The van der Waals surface area contributed by atoms with E-state index in [1.54, 1.807) is 31.3 Å². The minimum Gasteiger partial charge on any atom is -0.479 e. The number of rotatable bonds is 1. The molecule has 1 aromatic carbocycles. The zero-order valence-corrected chi connectivity index (χ0v) is 10.7. The first-order valence-corrected chi connectivity index (χ1v) is 6.04. The first kappa shape index (κ1) is 12.2. The van der Waals surface area contributed by atoms with Gasteiger partial charge in [0, 0.05) is 18.1 Å². The number of benzene rings is 1. The van der Waals surface area contributed by atoms with Crippen LogP contribution in [-0.2, 0) is 4.79 Å². The third kappa shape index (κ3) is 2.20. The number of hydrogen-bond acceptors (Lipinski definition) is 4. The Balaban J connectivity index is 1.81. The van der Waals surface area contributed by atoms with Crippen LogP contribution < -0.4 is 15.4 Å². The molecule has 0 fully saturated rings. The molecule has 1 aliphatic rings. The highest BCUT2D eigenvalue weighted by molar-refractivity contribution is 5.99. The van der Waals surface area contributed by atoms with Gasteiger partial charge >= 0.3 is 6.03 Å². The van der Waals surface area contributed by atoms with Gasteiger partial charge in [0.25, 0.3) is 5.91 Å². The number of hydrogen-bond donors (Lipinski definition) is 2. The van der Waals surface area contributed by atoms with Crippen LogP contribution in [0.4, 0.5) is 16.2 Å². The van der Waals surface area contributed by atoms with Crippen molar-refractivity contribution in [1.82, 2.24) is 9.55 Å². The van der Waals surface area contributed by atoms with E-state index in [-0.39, 0.29) is 11.9 Å². The van der Waals surface area contributed by atoms with E-state index in [0.29, 0.717) is 17.1 Å². The van der Waals surface area contributed by atoms with E-state index in [2.05, 4.69) is 15.6 Å². The normalized spacial score (nSPS) is 16.9. The number of ether oxygens (including phenoxy) is 1. The largest absolute Gasteiger partial charge is 0.479 e. The first-order valence-electron chi connectivity index (χ1n) is 6.04. The monoisotopic (exact) mass is 272 g/mol. The van der Waals surface area contributed by atoms with Crippen LogP contribution >= 0.6 is 0 Å². The summed E-state index contributed by atoms with van der Waals surface area (Å²) in [4.78, 5) is 27.2. The smallest absolute Gasteiger partial charge is 0.331 e. The molecule has 1 atom stereocenters.